The van der Waals surface area contributed by atoms with Gasteiger partial charge in [-0.25, -0.2) is 0 Å². The minimum atomic E-state index is -0.110. The van der Waals surface area contributed by atoms with E-state index in [0.717, 1.165) is 6.42 Å². The number of methoxy groups -OCH3 is 1. The minimum absolute atomic E-state index is 0.110. The Morgan fingerprint density at radius 2 is 2.12 bits per heavy atom. The fourth-order valence-electron chi connectivity index (χ4n) is 0.293. The van der Waals surface area contributed by atoms with Crippen LogP contribution in [0.2, 0.25) is 0 Å². The third-order valence-electron chi connectivity index (χ3n) is 1.52. The van der Waals surface area contributed by atoms with E-state index in [9.17, 15) is 0 Å². The highest BCUT2D eigenvalue weighted by atomic mass is 35.5. The Morgan fingerprint density at radius 1 is 1.62 bits per heavy atom. The maximum Gasteiger partial charge on any atom is 0.0782 e. The molecule has 0 bridgehead atoms. The Morgan fingerprint density at radius 3 is 2.12 bits per heavy atom. The van der Waals surface area contributed by atoms with E-state index in [1.54, 1.807) is 7.11 Å². The van der Waals surface area contributed by atoms with Gasteiger partial charge in [0.15, 0.2) is 0 Å². The second kappa shape index (κ2) is 3.31. The molecule has 0 aliphatic rings. The van der Waals surface area contributed by atoms with Crippen LogP contribution < -0.4 is 0 Å². The molecule has 0 spiro atoms. The van der Waals surface area contributed by atoms with Gasteiger partial charge in [0.05, 0.1) is 11.5 Å². The molecule has 0 rings (SSSR count). The summed E-state index contributed by atoms with van der Waals surface area (Å²) in [4.78, 5) is 0. The molecule has 0 saturated heterocycles. The summed E-state index contributed by atoms with van der Waals surface area (Å²) >= 11 is 5.58. The van der Waals surface area contributed by atoms with Crippen LogP contribution in [0.4, 0.5) is 0 Å². The van der Waals surface area contributed by atoms with Crippen LogP contribution in [0.5, 0.6) is 0 Å². The summed E-state index contributed by atoms with van der Waals surface area (Å²) in [5.74, 6) is 0.569. The highest BCUT2D eigenvalue weighted by Gasteiger charge is 2.18. The fourth-order valence-corrected chi connectivity index (χ4v) is 0.591. The third kappa shape index (κ3) is 2.01. The number of halogens is 1. The second-order valence-electron chi connectivity index (χ2n) is 2.14. The van der Waals surface area contributed by atoms with Crippen molar-refractivity contribution in [2.24, 2.45) is 0 Å². The normalized spacial score (nSPS) is 18.0. The van der Waals surface area contributed by atoms with Gasteiger partial charge in [0.1, 0.15) is 0 Å². The lowest BCUT2D eigenvalue weighted by molar-refractivity contribution is 0.0228. The average molecular weight is 137 g/mol. The first kappa shape index (κ1) is 8.25. The van der Waals surface area contributed by atoms with Crippen molar-refractivity contribution in [3.63, 3.8) is 0 Å². The lowest BCUT2D eigenvalue weighted by Crippen LogP contribution is -2.27. The molecule has 0 aromatic rings. The molecular formula is C6H13ClO. The molecule has 0 aliphatic carbocycles. The van der Waals surface area contributed by atoms with Crippen molar-refractivity contribution in [3.8, 4) is 0 Å². The third-order valence-corrected chi connectivity index (χ3v) is 2.09. The molecule has 0 fully saturated rings. The predicted molar refractivity (Wildman–Crippen MR) is 36.4 cm³/mol. The van der Waals surface area contributed by atoms with Crippen LogP contribution >= 0.6 is 11.6 Å². The zero-order valence-corrected chi connectivity index (χ0v) is 6.46. The van der Waals surface area contributed by atoms with Crippen molar-refractivity contribution in [2.45, 2.75) is 25.9 Å². The highest BCUT2D eigenvalue weighted by Crippen LogP contribution is 2.14. The molecule has 0 amide bonds. The van der Waals surface area contributed by atoms with Gasteiger partial charge < -0.3 is 4.74 Å². The Hall–Kier alpha value is 0.250. The van der Waals surface area contributed by atoms with Crippen LogP contribution in [0.15, 0.2) is 0 Å². The summed E-state index contributed by atoms with van der Waals surface area (Å²) in [6, 6.07) is 0. The van der Waals surface area contributed by atoms with Crippen molar-refractivity contribution in [1.82, 2.24) is 0 Å². The van der Waals surface area contributed by atoms with Gasteiger partial charge in [-0.3, -0.25) is 0 Å². The van der Waals surface area contributed by atoms with Gasteiger partial charge in [-0.2, -0.15) is 0 Å². The standard InChI is InChI=1S/C6H13ClO/c1-4-6(2,5-7)8-3/h4-5H2,1-3H3. The number of rotatable bonds is 3. The topological polar surface area (TPSA) is 9.23 Å². The summed E-state index contributed by atoms with van der Waals surface area (Å²) in [5, 5.41) is 0. The lowest BCUT2D eigenvalue weighted by Gasteiger charge is -2.22. The van der Waals surface area contributed by atoms with Crippen LogP contribution in [0.3, 0.4) is 0 Å². The molecule has 1 unspecified atom stereocenters. The summed E-state index contributed by atoms with van der Waals surface area (Å²) in [6.07, 6.45) is 0.965. The van der Waals surface area contributed by atoms with Crippen molar-refractivity contribution in [1.29, 1.82) is 0 Å². The van der Waals surface area contributed by atoms with E-state index in [0.29, 0.717) is 5.88 Å². The van der Waals surface area contributed by atoms with Crippen molar-refractivity contribution >= 4 is 11.6 Å². The van der Waals surface area contributed by atoms with Crippen LogP contribution in [-0.4, -0.2) is 18.6 Å². The van der Waals surface area contributed by atoms with Gasteiger partial charge in [-0.05, 0) is 13.3 Å². The van der Waals surface area contributed by atoms with E-state index in [1.165, 1.54) is 0 Å². The molecule has 0 aromatic heterocycles. The molecule has 0 heterocycles. The Bertz CT molecular complexity index is 51.3. The maximum absolute atomic E-state index is 5.58. The second-order valence-corrected chi connectivity index (χ2v) is 2.41. The molecule has 0 saturated carbocycles. The molecule has 0 aliphatic heterocycles. The molecule has 1 nitrogen and oxygen atoms in total. The maximum atomic E-state index is 5.58. The van der Waals surface area contributed by atoms with Gasteiger partial charge in [0.2, 0.25) is 0 Å². The smallest absolute Gasteiger partial charge is 0.0782 e. The SMILES string of the molecule is CCC(C)(CCl)OC. The molecule has 0 aromatic carbocycles. The van der Waals surface area contributed by atoms with E-state index in [2.05, 4.69) is 6.92 Å². The van der Waals surface area contributed by atoms with Gasteiger partial charge in [-0.1, -0.05) is 6.92 Å². The van der Waals surface area contributed by atoms with E-state index >= 15 is 0 Å². The van der Waals surface area contributed by atoms with E-state index in [1.807, 2.05) is 6.92 Å². The zero-order valence-electron chi connectivity index (χ0n) is 5.70. The average Bonchev–Trinajstić information content (AvgIpc) is 1.87. The van der Waals surface area contributed by atoms with Gasteiger partial charge in [-0.15, -0.1) is 11.6 Å². The highest BCUT2D eigenvalue weighted by molar-refractivity contribution is 6.18. The predicted octanol–water partition coefficient (Wildman–Crippen LogP) is 2.04. The monoisotopic (exact) mass is 136 g/mol. The summed E-state index contributed by atoms with van der Waals surface area (Å²) in [6.45, 7) is 4.06. The molecule has 2 heteroatoms. The Balaban J connectivity index is 3.58. The largest absolute Gasteiger partial charge is 0.377 e. The van der Waals surface area contributed by atoms with E-state index in [-0.39, 0.29) is 5.60 Å². The van der Waals surface area contributed by atoms with E-state index < -0.39 is 0 Å². The molecule has 0 N–H and O–H groups in total. The quantitative estimate of drug-likeness (QED) is 0.540. The van der Waals surface area contributed by atoms with Crippen LogP contribution in [0.25, 0.3) is 0 Å². The molecule has 1 atom stereocenters. The number of ether oxygens (including phenoxy) is 1. The Kier molecular flexibility index (Phi) is 3.41. The van der Waals surface area contributed by atoms with Crippen molar-refractivity contribution in [3.05, 3.63) is 0 Å². The Labute approximate surface area is 56.0 Å². The van der Waals surface area contributed by atoms with Gasteiger partial charge in [0, 0.05) is 7.11 Å². The summed E-state index contributed by atoms with van der Waals surface area (Å²) < 4.78 is 5.10. The first-order valence-electron chi connectivity index (χ1n) is 2.79. The minimum Gasteiger partial charge on any atom is -0.377 e. The number of alkyl halides is 1. The lowest BCUT2D eigenvalue weighted by atomic mass is 10.1. The number of hydrogen-bond acceptors (Lipinski definition) is 1. The van der Waals surface area contributed by atoms with Crippen molar-refractivity contribution in [2.75, 3.05) is 13.0 Å². The first-order chi connectivity index (χ1) is 3.68. The van der Waals surface area contributed by atoms with Gasteiger partial charge >= 0.3 is 0 Å². The molecule has 50 valence electrons. The van der Waals surface area contributed by atoms with Crippen LogP contribution in [0, 0.1) is 0 Å². The summed E-state index contributed by atoms with van der Waals surface area (Å²) in [7, 11) is 1.69. The van der Waals surface area contributed by atoms with Crippen molar-refractivity contribution < 1.29 is 4.74 Å². The van der Waals surface area contributed by atoms with E-state index in [4.69, 9.17) is 16.3 Å². The molecule has 8 heavy (non-hydrogen) atoms. The summed E-state index contributed by atoms with van der Waals surface area (Å²) in [5.41, 5.74) is -0.110. The van der Waals surface area contributed by atoms with Crippen LogP contribution in [-0.2, 0) is 4.74 Å². The molecular weight excluding hydrogens is 124 g/mol. The first-order valence-corrected chi connectivity index (χ1v) is 3.33. The fraction of sp³-hybridized carbons (Fsp3) is 1.00. The number of hydrogen-bond donors (Lipinski definition) is 0. The van der Waals surface area contributed by atoms with Gasteiger partial charge in [0.25, 0.3) is 0 Å². The molecule has 0 radical (unpaired) electrons. The van der Waals surface area contributed by atoms with Crippen LogP contribution in [0.1, 0.15) is 20.3 Å². The zero-order chi connectivity index (χ0) is 6.62.